The normalized spacial score (nSPS) is 16.6. The number of rotatable bonds is 7. The number of methoxy groups -OCH3 is 2. The second kappa shape index (κ2) is 13.3. The number of anilines is 1. The van der Waals surface area contributed by atoms with Crippen molar-refractivity contribution in [2.24, 2.45) is 0 Å². The van der Waals surface area contributed by atoms with E-state index in [2.05, 4.69) is 125 Å². The topological polar surface area (TPSA) is 48.0 Å². The van der Waals surface area contributed by atoms with Gasteiger partial charge in [-0.15, -0.1) is 0 Å². The van der Waals surface area contributed by atoms with Crippen LogP contribution in [0.25, 0.3) is 39.1 Å². The Morgan fingerprint density at radius 2 is 1.30 bits per heavy atom. The van der Waals surface area contributed by atoms with E-state index in [-0.39, 0.29) is 0 Å². The van der Waals surface area contributed by atoms with Crippen molar-refractivity contribution in [3.8, 4) is 33.8 Å². The molecule has 248 valence electrons. The molecule has 1 fully saturated rings. The fourth-order valence-corrected chi connectivity index (χ4v) is 7.59. The molecule has 0 amide bonds. The molecule has 8 rings (SSSR count). The lowest BCUT2D eigenvalue weighted by molar-refractivity contribution is 0.0599. The molecular formula is C44H36INO4. The quantitative estimate of drug-likeness (QED) is 0.120. The number of fused-ring (bicyclic) bond motifs is 3. The Labute approximate surface area is 306 Å². The van der Waals surface area contributed by atoms with E-state index >= 15 is 0 Å². The van der Waals surface area contributed by atoms with Gasteiger partial charge in [-0.3, -0.25) is 0 Å². The fourth-order valence-electron chi connectivity index (χ4n) is 7.23. The van der Waals surface area contributed by atoms with Gasteiger partial charge in [0.2, 0.25) is 0 Å². The van der Waals surface area contributed by atoms with Gasteiger partial charge < -0.3 is 19.1 Å². The van der Waals surface area contributed by atoms with Crippen molar-refractivity contribution in [2.75, 3.05) is 32.2 Å². The van der Waals surface area contributed by atoms with Crippen LogP contribution in [0.4, 0.5) is 5.69 Å². The summed E-state index contributed by atoms with van der Waals surface area (Å²) in [5.74, 6) is 1.01. The Balaban J connectivity index is 1.24. The van der Waals surface area contributed by atoms with Gasteiger partial charge in [-0.25, -0.2) is 4.79 Å². The molecule has 50 heavy (non-hydrogen) atoms. The number of halogens is 1. The van der Waals surface area contributed by atoms with Gasteiger partial charge in [-0.05, 0) is 124 Å². The highest BCUT2D eigenvalue weighted by molar-refractivity contribution is 14.1. The van der Waals surface area contributed by atoms with Gasteiger partial charge >= 0.3 is 5.97 Å². The predicted molar refractivity (Wildman–Crippen MR) is 210 cm³/mol. The number of nitrogens with zero attached hydrogens (tertiary/aromatic N) is 1. The molecule has 1 unspecified atom stereocenters. The van der Waals surface area contributed by atoms with Crippen LogP contribution in [-0.2, 0) is 10.3 Å². The molecular weight excluding hydrogens is 733 g/mol. The van der Waals surface area contributed by atoms with E-state index in [0.29, 0.717) is 16.9 Å². The summed E-state index contributed by atoms with van der Waals surface area (Å²) in [5, 5.41) is 1.81. The second-order valence-electron chi connectivity index (χ2n) is 12.8. The average molecular weight is 770 g/mol. The van der Waals surface area contributed by atoms with Crippen LogP contribution in [0.1, 0.15) is 39.9 Å². The molecule has 6 aromatic carbocycles. The monoisotopic (exact) mass is 769 g/mol. The third kappa shape index (κ3) is 5.81. The minimum absolute atomic E-state index is 0.407. The zero-order valence-electron chi connectivity index (χ0n) is 28.0. The summed E-state index contributed by atoms with van der Waals surface area (Å²) in [6.45, 7) is 2.15. The Kier molecular flexibility index (Phi) is 8.57. The summed E-state index contributed by atoms with van der Waals surface area (Å²) in [4.78, 5) is 15.7. The summed E-state index contributed by atoms with van der Waals surface area (Å²) in [7, 11) is 3.09. The van der Waals surface area contributed by atoms with Crippen molar-refractivity contribution in [2.45, 2.75) is 18.4 Å². The highest BCUT2D eigenvalue weighted by Crippen LogP contribution is 2.47. The Morgan fingerprint density at radius 1 is 0.720 bits per heavy atom. The maximum absolute atomic E-state index is 13.3. The molecule has 0 bridgehead atoms. The Bertz CT molecular complexity index is 2220. The largest absolute Gasteiger partial charge is 0.497 e. The molecule has 1 atom stereocenters. The van der Waals surface area contributed by atoms with Crippen molar-refractivity contribution in [1.29, 1.82) is 0 Å². The highest BCUT2D eigenvalue weighted by Gasteiger charge is 2.39. The van der Waals surface area contributed by atoms with Gasteiger partial charge in [-0.2, -0.15) is 0 Å². The van der Waals surface area contributed by atoms with Gasteiger partial charge in [-0.1, -0.05) is 72.8 Å². The number of hydrogen-bond acceptors (Lipinski definition) is 5. The molecule has 2 aliphatic rings. The molecule has 0 aromatic heterocycles. The Morgan fingerprint density at radius 3 is 1.92 bits per heavy atom. The van der Waals surface area contributed by atoms with Crippen LogP contribution in [0.3, 0.4) is 0 Å². The maximum Gasteiger partial charge on any atom is 0.338 e. The number of ether oxygens (including phenoxy) is 3. The molecule has 2 aliphatic heterocycles. The van der Waals surface area contributed by atoms with Crippen molar-refractivity contribution in [3.05, 3.63) is 153 Å². The summed E-state index contributed by atoms with van der Waals surface area (Å²) in [6.07, 6.45) is 6.51. The second-order valence-corrected chi connectivity index (χ2v) is 14.1. The van der Waals surface area contributed by atoms with Crippen LogP contribution in [0.2, 0.25) is 0 Å². The van der Waals surface area contributed by atoms with E-state index in [4.69, 9.17) is 14.2 Å². The van der Waals surface area contributed by atoms with Crippen molar-refractivity contribution < 1.29 is 19.0 Å². The van der Waals surface area contributed by atoms with Gasteiger partial charge in [0.15, 0.2) is 5.60 Å². The fraction of sp³-hybridized carbons (Fsp3) is 0.159. The standard InChI is InChI=1S/C44H36INO4/c1-48-38-20-14-35(15-21-38)44(34-12-18-37(19-13-34)46-25-3-4-26-46)24-23-40-41(43(47)49-2)28-33-27-32(11-22-39(33)42(40)50-44)31-7-5-29(6-8-31)30-9-16-36(45)17-10-30/h5-24,27-28H,3-4,25-26H2,1-2H3. The van der Waals surface area contributed by atoms with Crippen LogP contribution >= 0.6 is 22.6 Å². The van der Waals surface area contributed by atoms with Gasteiger partial charge in [0.25, 0.3) is 0 Å². The summed E-state index contributed by atoms with van der Waals surface area (Å²) in [6, 6.07) is 42.1. The van der Waals surface area contributed by atoms with Crippen LogP contribution in [0, 0.1) is 3.57 Å². The van der Waals surface area contributed by atoms with Crippen LogP contribution in [-0.4, -0.2) is 33.3 Å². The van der Waals surface area contributed by atoms with E-state index in [0.717, 1.165) is 57.4 Å². The number of carbonyl (C=O) groups excluding carboxylic acids is 1. The highest BCUT2D eigenvalue weighted by atomic mass is 127. The molecule has 1 saturated heterocycles. The third-order valence-corrected chi connectivity index (χ3v) is 10.7. The lowest BCUT2D eigenvalue weighted by atomic mass is 9.82. The van der Waals surface area contributed by atoms with Crippen LogP contribution in [0.5, 0.6) is 11.5 Å². The summed E-state index contributed by atoms with van der Waals surface area (Å²) < 4.78 is 19.3. The first-order valence-corrected chi connectivity index (χ1v) is 18.0. The molecule has 0 N–H and O–H groups in total. The number of hydrogen-bond donors (Lipinski definition) is 0. The molecule has 0 saturated carbocycles. The van der Waals surface area contributed by atoms with E-state index in [1.807, 2.05) is 36.4 Å². The molecule has 0 aliphatic carbocycles. The number of benzene rings is 6. The number of carbonyl (C=O) groups is 1. The first-order chi connectivity index (χ1) is 24.5. The van der Waals surface area contributed by atoms with E-state index < -0.39 is 11.6 Å². The minimum Gasteiger partial charge on any atom is -0.497 e. The van der Waals surface area contributed by atoms with E-state index in [1.54, 1.807) is 7.11 Å². The van der Waals surface area contributed by atoms with Crippen molar-refractivity contribution in [1.82, 2.24) is 0 Å². The minimum atomic E-state index is -0.950. The van der Waals surface area contributed by atoms with Crippen molar-refractivity contribution >= 4 is 51.1 Å². The van der Waals surface area contributed by atoms with Gasteiger partial charge in [0.05, 0.1) is 19.8 Å². The molecule has 6 heteroatoms. The zero-order valence-corrected chi connectivity index (χ0v) is 30.1. The molecule has 6 aromatic rings. The lowest BCUT2D eigenvalue weighted by Gasteiger charge is -2.37. The Hall–Kier alpha value is -5.08. The van der Waals surface area contributed by atoms with Gasteiger partial charge in [0, 0.05) is 44.4 Å². The number of esters is 1. The lowest BCUT2D eigenvalue weighted by Crippen LogP contribution is -2.34. The molecule has 5 nitrogen and oxygen atoms in total. The summed E-state index contributed by atoms with van der Waals surface area (Å²) in [5.41, 5.74) is 7.87. The first kappa shape index (κ1) is 32.1. The molecule has 2 heterocycles. The summed E-state index contributed by atoms with van der Waals surface area (Å²) >= 11 is 2.33. The van der Waals surface area contributed by atoms with E-state index in [9.17, 15) is 4.79 Å². The zero-order chi connectivity index (χ0) is 34.2. The molecule has 0 spiro atoms. The smallest absolute Gasteiger partial charge is 0.338 e. The van der Waals surface area contributed by atoms with E-state index in [1.165, 1.54) is 34.8 Å². The SMILES string of the molecule is COC(=O)c1cc2cc(-c3ccc(-c4ccc(I)cc4)cc3)ccc2c2c1C=CC(c1ccc(OC)cc1)(c1ccc(N3CCCC3)cc1)O2. The van der Waals surface area contributed by atoms with Crippen LogP contribution < -0.4 is 14.4 Å². The average Bonchev–Trinajstić information content (AvgIpc) is 3.73. The van der Waals surface area contributed by atoms with Crippen LogP contribution in [0.15, 0.2) is 127 Å². The maximum atomic E-state index is 13.3. The predicted octanol–water partition coefficient (Wildman–Crippen LogP) is 10.5. The van der Waals surface area contributed by atoms with Gasteiger partial charge in [0.1, 0.15) is 11.5 Å². The van der Waals surface area contributed by atoms with Crippen molar-refractivity contribution in [3.63, 3.8) is 0 Å². The third-order valence-electron chi connectivity index (χ3n) is 9.97. The molecule has 0 radical (unpaired) electrons. The first-order valence-electron chi connectivity index (χ1n) is 16.9.